The first-order valence-corrected chi connectivity index (χ1v) is 7.91. The summed E-state index contributed by atoms with van der Waals surface area (Å²) in [5, 5.41) is 0. The molecular weight excluding hydrogens is 232 g/mol. The fraction of sp³-hybridized carbons (Fsp3) is 0.824. The molecular formula is C17H30N2. The maximum atomic E-state index is 5.09. The minimum absolute atomic E-state index is 0.127. The van der Waals surface area contributed by atoms with Crippen LogP contribution in [-0.2, 0) is 5.41 Å². The van der Waals surface area contributed by atoms with Gasteiger partial charge in [-0.3, -0.25) is 0 Å². The van der Waals surface area contributed by atoms with Crippen LogP contribution >= 0.6 is 0 Å². The molecule has 0 N–H and O–H groups in total. The second-order valence-electron chi connectivity index (χ2n) is 7.45. The van der Waals surface area contributed by atoms with Gasteiger partial charge in [0.05, 0.1) is 5.69 Å². The average molecular weight is 262 g/mol. The molecule has 1 fully saturated rings. The van der Waals surface area contributed by atoms with E-state index in [9.17, 15) is 0 Å². The molecule has 0 aromatic carbocycles. The van der Waals surface area contributed by atoms with E-state index < -0.39 is 0 Å². The molecule has 0 unspecified atom stereocenters. The Morgan fingerprint density at radius 2 is 1.68 bits per heavy atom. The van der Waals surface area contributed by atoms with E-state index in [2.05, 4.69) is 46.1 Å². The van der Waals surface area contributed by atoms with E-state index >= 15 is 0 Å². The van der Waals surface area contributed by atoms with Gasteiger partial charge in [-0.05, 0) is 33.6 Å². The van der Waals surface area contributed by atoms with Crippen molar-refractivity contribution in [1.82, 2.24) is 9.55 Å². The van der Waals surface area contributed by atoms with Crippen molar-refractivity contribution in [3.8, 4) is 0 Å². The van der Waals surface area contributed by atoms with Crippen LogP contribution < -0.4 is 0 Å². The molecule has 0 amide bonds. The van der Waals surface area contributed by atoms with Crippen molar-refractivity contribution < 1.29 is 0 Å². The van der Waals surface area contributed by atoms with Gasteiger partial charge in [0, 0.05) is 23.1 Å². The minimum atomic E-state index is 0.127. The lowest BCUT2D eigenvalue weighted by molar-refractivity contribution is 0.434. The molecule has 108 valence electrons. The molecule has 0 saturated heterocycles. The van der Waals surface area contributed by atoms with Gasteiger partial charge in [0.2, 0.25) is 0 Å². The number of hydrogen-bond acceptors (Lipinski definition) is 1. The van der Waals surface area contributed by atoms with Crippen molar-refractivity contribution >= 4 is 0 Å². The summed E-state index contributed by atoms with van der Waals surface area (Å²) in [6.07, 6.45) is 6.83. The van der Waals surface area contributed by atoms with Gasteiger partial charge in [-0.2, -0.15) is 0 Å². The molecule has 1 aromatic heterocycles. The topological polar surface area (TPSA) is 17.8 Å². The normalized spacial score (nSPS) is 18.3. The van der Waals surface area contributed by atoms with E-state index in [0.29, 0.717) is 12.0 Å². The summed E-state index contributed by atoms with van der Waals surface area (Å²) >= 11 is 0. The summed E-state index contributed by atoms with van der Waals surface area (Å²) in [7, 11) is 0. The average Bonchev–Trinajstić information content (AvgIpc) is 2.68. The highest BCUT2D eigenvalue weighted by molar-refractivity contribution is 5.24. The second-order valence-corrected chi connectivity index (χ2v) is 7.45. The zero-order valence-corrected chi connectivity index (χ0v) is 13.6. The Morgan fingerprint density at radius 1 is 1.11 bits per heavy atom. The van der Waals surface area contributed by atoms with Gasteiger partial charge in [0.1, 0.15) is 5.82 Å². The van der Waals surface area contributed by atoms with Gasteiger partial charge in [0.15, 0.2) is 0 Å². The number of imidazole rings is 1. The first-order chi connectivity index (χ1) is 8.82. The Bertz CT molecular complexity index is 429. The van der Waals surface area contributed by atoms with E-state index in [0.717, 1.165) is 0 Å². The quantitative estimate of drug-likeness (QED) is 0.723. The van der Waals surface area contributed by atoms with Crippen LogP contribution in [0.15, 0.2) is 0 Å². The largest absolute Gasteiger partial charge is 0.329 e. The van der Waals surface area contributed by atoms with Gasteiger partial charge in [-0.15, -0.1) is 0 Å². The Morgan fingerprint density at radius 3 is 2.11 bits per heavy atom. The molecule has 1 aliphatic carbocycles. The van der Waals surface area contributed by atoms with E-state index in [4.69, 9.17) is 4.98 Å². The molecule has 1 aliphatic rings. The minimum Gasteiger partial charge on any atom is -0.329 e. The summed E-state index contributed by atoms with van der Waals surface area (Å²) in [4.78, 5) is 5.09. The number of nitrogens with zero attached hydrogens (tertiary/aromatic N) is 2. The van der Waals surface area contributed by atoms with Gasteiger partial charge >= 0.3 is 0 Å². The van der Waals surface area contributed by atoms with Crippen LogP contribution in [-0.4, -0.2) is 9.55 Å². The Balaban J connectivity index is 2.45. The number of aromatic nitrogens is 2. The fourth-order valence-electron chi connectivity index (χ4n) is 3.45. The highest BCUT2D eigenvalue weighted by atomic mass is 15.1. The summed E-state index contributed by atoms with van der Waals surface area (Å²) in [5.41, 5.74) is 2.92. The molecule has 0 radical (unpaired) electrons. The van der Waals surface area contributed by atoms with Crippen molar-refractivity contribution in [2.45, 2.75) is 91.0 Å². The van der Waals surface area contributed by atoms with E-state index in [-0.39, 0.29) is 5.41 Å². The van der Waals surface area contributed by atoms with Crippen LogP contribution in [0.4, 0.5) is 0 Å². The molecule has 19 heavy (non-hydrogen) atoms. The van der Waals surface area contributed by atoms with Crippen LogP contribution in [0.3, 0.4) is 0 Å². The van der Waals surface area contributed by atoms with E-state index in [1.165, 1.54) is 49.3 Å². The second kappa shape index (κ2) is 5.30. The highest BCUT2D eigenvalue weighted by Gasteiger charge is 2.29. The van der Waals surface area contributed by atoms with Crippen LogP contribution in [0.2, 0.25) is 0 Å². The van der Waals surface area contributed by atoms with Gasteiger partial charge in [0.25, 0.3) is 0 Å². The Kier molecular flexibility index (Phi) is 4.08. The van der Waals surface area contributed by atoms with Crippen LogP contribution in [0.1, 0.15) is 95.9 Å². The monoisotopic (exact) mass is 262 g/mol. The molecule has 2 heteroatoms. The van der Waals surface area contributed by atoms with Crippen molar-refractivity contribution in [3.05, 3.63) is 17.2 Å². The summed E-state index contributed by atoms with van der Waals surface area (Å²) < 4.78 is 2.46. The Labute approximate surface area is 118 Å². The van der Waals surface area contributed by atoms with Crippen molar-refractivity contribution in [2.24, 2.45) is 0 Å². The molecule has 0 atom stereocenters. The molecule has 0 aliphatic heterocycles. The number of hydrogen-bond donors (Lipinski definition) is 0. The molecule has 1 aromatic rings. The predicted molar refractivity (Wildman–Crippen MR) is 81.9 cm³/mol. The van der Waals surface area contributed by atoms with Crippen molar-refractivity contribution in [3.63, 3.8) is 0 Å². The van der Waals surface area contributed by atoms with Crippen LogP contribution in [0, 0.1) is 6.92 Å². The van der Waals surface area contributed by atoms with Crippen LogP contribution in [0.5, 0.6) is 0 Å². The van der Waals surface area contributed by atoms with Crippen LogP contribution in [0.25, 0.3) is 0 Å². The third kappa shape index (κ3) is 2.88. The molecule has 1 heterocycles. The molecule has 2 rings (SSSR count). The van der Waals surface area contributed by atoms with Gasteiger partial charge in [-0.1, -0.05) is 40.0 Å². The summed E-state index contributed by atoms with van der Waals surface area (Å²) in [5.74, 6) is 1.97. The van der Waals surface area contributed by atoms with Crippen molar-refractivity contribution in [1.29, 1.82) is 0 Å². The zero-order valence-electron chi connectivity index (χ0n) is 13.6. The molecule has 0 bridgehead atoms. The van der Waals surface area contributed by atoms with Gasteiger partial charge in [-0.25, -0.2) is 4.98 Å². The zero-order chi connectivity index (χ0) is 14.2. The standard InChI is InChI=1S/C17H30N2/c1-12(2)19-13(3)15(14-10-8-7-9-11-14)18-16(19)17(4,5)6/h12,14H,7-11H2,1-6H3. The lowest BCUT2D eigenvalue weighted by Gasteiger charge is -2.23. The maximum absolute atomic E-state index is 5.09. The smallest absolute Gasteiger partial charge is 0.114 e. The maximum Gasteiger partial charge on any atom is 0.114 e. The Hall–Kier alpha value is -0.790. The summed E-state index contributed by atoms with van der Waals surface area (Å²) in [6.45, 7) is 13.6. The SMILES string of the molecule is Cc1c(C2CCCCC2)nc(C(C)(C)C)n1C(C)C. The lowest BCUT2D eigenvalue weighted by Crippen LogP contribution is -2.20. The summed E-state index contributed by atoms with van der Waals surface area (Å²) in [6, 6.07) is 0.499. The third-order valence-corrected chi connectivity index (χ3v) is 4.37. The molecule has 2 nitrogen and oxygen atoms in total. The molecule has 1 saturated carbocycles. The first-order valence-electron chi connectivity index (χ1n) is 7.91. The number of rotatable bonds is 2. The fourth-order valence-corrected chi connectivity index (χ4v) is 3.45. The van der Waals surface area contributed by atoms with Crippen molar-refractivity contribution in [2.75, 3.05) is 0 Å². The first kappa shape index (κ1) is 14.6. The predicted octanol–water partition coefficient (Wildman–Crippen LogP) is 5.12. The van der Waals surface area contributed by atoms with E-state index in [1.807, 2.05) is 0 Å². The van der Waals surface area contributed by atoms with Gasteiger partial charge < -0.3 is 4.57 Å². The highest BCUT2D eigenvalue weighted by Crippen LogP contribution is 2.37. The third-order valence-electron chi connectivity index (χ3n) is 4.37. The molecule has 0 spiro atoms. The lowest BCUT2D eigenvalue weighted by atomic mass is 9.86. The van der Waals surface area contributed by atoms with E-state index in [1.54, 1.807) is 0 Å².